The summed E-state index contributed by atoms with van der Waals surface area (Å²) in [6.45, 7) is 0. The van der Waals surface area contributed by atoms with Crippen molar-refractivity contribution in [2.24, 2.45) is 0 Å². The second-order valence-corrected chi connectivity index (χ2v) is 15.0. The van der Waals surface area contributed by atoms with Crippen LogP contribution in [-0.4, -0.2) is 41.4 Å². The highest BCUT2D eigenvalue weighted by Crippen LogP contribution is 2.52. The Morgan fingerprint density at radius 2 is 1.41 bits per heavy atom. The average Bonchev–Trinajstić information content (AvgIpc) is 3.89. The van der Waals surface area contributed by atoms with Crippen LogP contribution in [0.5, 0.6) is 0 Å². The summed E-state index contributed by atoms with van der Waals surface area (Å²) in [6.07, 6.45) is 0.713. The number of nitrogens with zero attached hydrogens (tertiary/aromatic N) is 6. The van der Waals surface area contributed by atoms with E-state index in [0.717, 1.165) is 50.4 Å². The van der Waals surface area contributed by atoms with Crippen molar-refractivity contribution in [3.05, 3.63) is 150 Å². The van der Waals surface area contributed by atoms with Gasteiger partial charge in [0.1, 0.15) is 5.52 Å². The molecular formula is C37H32F2N7O3PS. The highest BCUT2D eigenvalue weighted by molar-refractivity contribution is 7.98. The summed E-state index contributed by atoms with van der Waals surface area (Å²) in [4.78, 5) is 0. The van der Waals surface area contributed by atoms with Crippen molar-refractivity contribution in [3.63, 3.8) is 0 Å². The SMILES string of the molecule is O=P(Cc1ccc(CC(CCSCc2ccc(-c3ccccc3-c3nn[nH]n3)cc2)(c2ccccc2)n2nnc3ccccc32)cc1)(OF)OF. The number of tetrazole rings is 1. The van der Waals surface area contributed by atoms with E-state index in [1.807, 2.05) is 89.2 Å². The number of fused-ring (bicyclic) bond motifs is 1. The van der Waals surface area contributed by atoms with Crippen LogP contribution >= 0.6 is 19.4 Å². The second-order valence-electron chi connectivity index (χ2n) is 12.1. The predicted octanol–water partition coefficient (Wildman–Crippen LogP) is 9.08. The molecule has 258 valence electrons. The average molecular weight is 724 g/mol. The summed E-state index contributed by atoms with van der Waals surface area (Å²) < 4.78 is 46.2. The van der Waals surface area contributed by atoms with E-state index in [1.54, 1.807) is 12.1 Å². The lowest BCUT2D eigenvalue weighted by Crippen LogP contribution is -2.39. The molecule has 1 unspecified atom stereocenters. The quantitative estimate of drug-likeness (QED) is 0.0816. The molecular weight excluding hydrogens is 691 g/mol. The number of para-hydroxylation sites is 1. The summed E-state index contributed by atoms with van der Waals surface area (Å²) in [7, 11) is -4.52. The van der Waals surface area contributed by atoms with Crippen molar-refractivity contribution < 1.29 is 23.1 Å². The van der Waals surface area contributed by atoms with Gasteiger partial charge in [0.2, 0.25) is 5.82 Å². The number of hydrogen-bond donors (Lipinski definition) is 1. The number of aromatic amines is 1. The Morgan fingerprint density at radius 3 is 2.14 bits per heavy atom. The molecule has 7 aromatic rings. The summed E-state index contributed by atoms with van der Waals surface area (Å²) in [5, 5.41) is 23.8. The van der Waals surface area contributed by atoms with Gasteiger partial charge in [0.15, 0.2) is 0 Å². The summed E-state index contributed by atoms with van der Waals surface area (Å²) >= 11 is 1.83. The van der Waals surface area contributed by atoms with E-state index < -0.39 is 19.3 Å². The van der Waals surface area contributed by atoms with Crippen molar-refractivity contribution in [2.75, 3.05) is 5.75 Å². The maximum atomic E-state index is 12.8. The maximum Gasteiger partial charge on any atom is 0.399 e. The predicted molar refractivity (Wildman–Crippen MR) is 193 cm³/mol. The lowest BCUT2D eigenvalue weighted by atomic mass is 9.81. The number of halogens is 2. The van der Waals surface area contributed by atoms with E-state index in [2.05, 4.69) is 77.6 Å². The Labute approximate surface area is 296 Å². The molecule has 51 heavy (non-hydrogen) atoms. The smallest absolute Gasteiger partial charge is 0.254 e. The van der Waals surface area contributed by atoms with Gasteiger partial charge in [0.25, 0.3) is 0 Å². The second kappa shape index (κ2) is 15.4. The minimum Gasteiger partial charge on any atom is -0.254 e. The molecule has 0 spiro atoms. The molecule has 5 aromatic carbocycles. The van der Waals surface area contributed by atoms with Gasteiger partial charge in [-0.25, -0.2) is 4.68 Å². The third kappa shape index (κ3) is 7.52. The van der Waals surface area contributed by atoms with Crippen LogP contribution in [0.25, 0.3) is 33.5 Å². The Kier molecular flexibility index (Phi) is 10.4. The molecule has 1 atom stereocenters. The van der Waals surface area contributed by atoms with Gasteiger partial charge in [-0.15, -0.1) is 24.8 Å². The van der Waals surface area contributed by atoms with Crippen LogP contribution < -0.4 is 0 Å². The van der Waals surface area contributed by atoms with Crippen molar-refractivity contribution in [1.29, 1.82) is 0 Å². The summed E-state index contributed by atoms with van der Waals surface area (Å²) in [5.74, 6) is 2.15. The van der Waals surface area contributed by atoms with E-state index in [-0.39, 0.29) is 0 Å². The fourth-order valence-corrected chi connectivity index (χ4v) is 8.20. The van der Waals surface area contributed by atoms with Gasteiger partial charge in [-0.2, -0.15) is 17.0 Å². The van der Waals surface area contributed by atoms with Crippen molar-refractivity contribution in [3.8, 4) is 22.5 Å². The van der Waals surface area contributed by atoms with E-state index >= 15 is 0 Å². The number of nitrogens with one attached hydrogen (secondary N) is 1. The molecule has 14 heteroatoms. The summed E-state index contributed by atoms with van der Waals surface area (Å²) in [5.41, 5.74) is 7.66. The van der Waals surface area contributed by atoms with Gasteiger partial charge < -0.3 is 0 Å². The van der Waals surface area contributed by atoms with E-state index in [9.17, 15) is 13.6 Å². The Hall–Kier alpha value is -5.07. The minimum absolute atomic E-state index is 0.411. The maximum absolute atomic E-state index is 12.8. The van der Waals surface area contributed by atoms with Gasteiger partial charge in [0.05, 0.1) is 17.2 Å². The Bertz CT molecular complexity index is 2230. The molecule has 10 nitrogen and oxygen atoms in total. The molecule has 2 heterocycles. The van der Waals surface area contributed by atoms with Crippen LogP contribution in [0.4, 0.5) is 9.05 Å². The normalized spacial score (nSPS) is 13.0. The summed E-state index contributed by atoms with van der Waals surface area (Å²) in [6, 6.07) is 41.7. The molecule has 0 aliphatic heterocycles. The van der Waals surface area contributed by atoms with Crippen LogP contribution in [0.3, 0.4) is 0 Å². The first kappa shape index (κ1) is 34.4. The van der Waals surface area contributed by atoms with Gasteiger partial charge >= 0.3 is 7.60 Å². The first-order valence-corrected chi connectivity index (χ1v) is 19.0. The van der Waals surface area contributed by atoms with Crippen molar-refractivity contribution in [1.82, 2.24) is 35.6 Å². The van der Waals surface area contributed by atoms with Gasteiger partial charge in [-0.3, -0.25) is 4.57 Å². The zero-order valence-electron chi connectivity index (χ0n) is 27.2. The van der Waals surface area contributed by atoms with Gasteiger partial charge in [-0.05, 0) is 72.0 Å². The molecule has 1 N–H and O–H groups in total. The number of thioether (sulfide) groups is 1. The van der Waals surface area contributed by atoms with Gasteiger partial charge in [-0.1, -0.05) is 120 Å². The number of H-pyrrole nitrogens is 1. The highest BCUT2D eigenvalue weighted by Gasteiger charge is 2.37. The van der Waals surface area contributed by atoms with Crippen molar-refractivity contribution in [2.45, 2.75) is 30.3 Å². The molecule has 0 saturated heterocycles. The molecule has 7 rings (SSSR count). The standard InChI is InChI=1S/C37H32F2N7O3PS/c38-48-50(47,49-39)25-28-16-14-27(15-17-28)24-37(31-8-2-1-3-9-31,46-35-13-7-6-12-34(35)40-45-46)22-23-51-26-29-18-20-30(21-19-29)32-10-4-5-11-33(32)36-41-43-44-42-36/h1-21H,22-26H2,(H,41,42,43,44). The van der Waals surface area contributed by atoms with Crippen molar-refractivity contribution >= 4 is 30.4 Å². The van der Waals surface area contributed by atoms with Crippen LogP contribution in [0.15, 0.2) is 127 Å². The van der Waals surface area contributed by atoms with Gasteiger partial charge in [0, 0.05) is 17.7 Å². The lowest BCUT2D eigenvalue weighted by Gasteiger charge is -2.35. The number of benzene rings is 5. The van der Waals surface area contributed by atoms with Crippen LogP contribution in [0.2, 0.25) is 0 Å². The molecule has 0 fully saturated rings. The topological polar surface area (TPSA) is 121 Å². The zero-order chi connectivity index (χ0) is 35.1. The minimum atomic E-state index is -4.52. The Balaban J connectivity index is 1.15. The monoisotopic (exact) mass is 723 g/mol. The molecule has 0 aliphatic carbocycles. The highest BCUT2D eigenvalue weighted by atomic mass is 32.2. The van der Waals surface area contributed by atoms with E-state index in [0.29, 0.717) is 24.2 Å². The van der Waals surface area contributed by atoms with Crippen LogP contribution in [-0.2, 0) is 37.9 Å². The fraction of sp³-hybridized carbons (Fsp3) is 0.162. The molecule has 0 radical (unpaired) electrons. The van der Waals surface area contributed by atoms with Crippen LogP contribution in [0, 0.1) is 0 Å². The lowest BCUT2D eigenvalue weighted by molar-refractivity contribution is -0.0881. The number of rotatable bonds is 15. The third-order valence-electron chi connectivity index (χ3n) is 8.88. The molecule has 0 saturated carbocycles. The van der Waals surface area contributed by atoms with Crippen LogP contribution in [0.1, 0.15) is 28.7 Å². The molecule has 0 bridgehead atoms. The van der Waals surface area contributed by atoms with E-state index in [1.165, 1.54) is 5.56 Å². The Morgan fingerprint density at radius 1 is 0.745 bits per heavy atom. The third-order valence-corrected chi connectivity index (χ3v) is 11.1. The number of hydrogen-bond acceptors (Lipinski definition) is 9. The first-order valence-electron chi connectivity index (χ1n) is 16.1. The largest absolute Gasteiger partial charge is 0.399 e. The number of aromatic nitrogens is 7. The fourth-order valence-electron chi connectivity index (χ4n) is 6.37. The molecule has 2 aromatic heterocycles. The first-order chi connectivity index (χ1) is 25.0. The van der Waals surface area contributed by atoms with E-state index in [4.69, 9.17) is 5.21 Å². The molecule has 0 aliphatic rings. The zero-order valence-corrected chi connectivity index (χ0v) is 28.9. The molecule has 0 amide bonds.